The Hall–Kier alpha value is -2.82. The summed E-state index contributed by atoms with van der Waals surface area (Å²) in [5.74, 6) is 1.48. The Labute approximate surface area is 170 Å². The maximum Gasteiger partial charge on any atom is 0.196 e. The van der Waals surface area contributed by atoms with Gasteiger partial charge in [0.1, 0.15) is 5.52 Å². The fourth-order valence-electron chi connectivity index (χ4n) is 5.38. The highest BCUT2D eigenvalue weighted by molar-refractivity contribution is 6.28. The van der Waals surface area contributed by atoms with Gasteiger partial charge in [-0.1, -0.05) is 36.3 Å². The molecule has 2 fully saturated rings. The van der Waals surface area contributed by atoms with E-state index in [1.54, 1.807) is 0 Å². The molecule has 5 nitrogen and oxygen atoms in total. The van der Waals surface area contributed by atoms with E-state index in [-0.39, 0.29) is 5.78 Å². The number of anilines is 2. The van der Waals surface area contributed by atoms with Gasteiger partial charge in [-0.25, -0.2) is 0 Å². The summed E-state index contributed by atoms with van der Waals surface area (Å²) in [6, 6.07) is 9.99. The minimum Gasteiger partial charge on any atom is -0.371 e. The van der Waals surface area contributed by atoms with E-state index < -0.39 is 0 Å². The maximum absolute atomic E-state index is 13.7. The smallest absolute Gasteiger partial charge is 0.196 e. The second kappa shape index (κ2) is 6.34. The number of hydrogen-bond acceptors (Lipinski definition) is 5. The van der Waals surface area contributed by atoms with Crippen molar-refractivity contribution in [3.8, 4) is 11.3 Å². The third-order valence-corrected chi connectivity index (χ3v) is 6.80. The van der Waals surface area contributed by atoms with E-state index in [9.17, 15) is 4.79 Å². The molecule has 3 heterocycles. The average Bonchev–Trinajstić information content (AvgIpc) is 3.42. The van der Waals surface area contributed by atoms with Crippen molar-refractivity contribution < 1.29 is 9.32 Å². The molecule has 1 aliphatic carbocycles. The minimum atomic E-state index is 0.0995. The Bertz CT molecular complexity index is 1130. The van der Waals surface area contributed by atoms with E-state index in [1.807, 2.05) is 24.3 Å². The van der Waals surface area contributed by atoms with Crippen LogP contribution in [0.1, 0.15) is 48.5 Å². The van der Waals surface area contributed by atoms with E-state index in [0.29, 0.717) is 5.92 Å². The predicted molar refractivity (Wildman–Crippen MR) is 115 cm³/mol. The molecule has 0 N–H and O–H groups in total. The van der Waals surface area contributed by atoms with Gasteiger partial charge in [0.2, 0.25) is 0 Å². The summed E-state index contributed by atoms with van der Waals surface area (Å²) < 4.78 is 5.89. The van der Waals surface area contributed by atoms with Gasteiger partial charge in [-0.15, -0.1) is 0 Å². The Balaban J connectivity index is 1.65. The number of nitrogens with zero attached hydrogens (tertiary/aromatic N) is 3. The van der Waals surface area contributed by atoms with Crippen LogP contribution in [0.3, 0.4) is 0 Å². The number of carbonyl (C=O) groups is 1. The van der Waals surface area contributed by atoms with Crippen LogP contribution >= 0.6 is 0 Å². The van der Waals surface area contributed by atoms with Crippen LogP contribution in [0, 0.1) is 5.92 Å². The normalized spacial score (nSPS) is 21.1. The van der Waals surface area contributed by atoms with Gasteiger partial charge in [-0.05, 0) is 37.7 Å². The van der Waals surface area contributed by atoms with E-state index in [0.717, 1.165) is 70.9 Å². The van der Waals surface area contributed by atoms with E-state index >= 15 is 0 Å². The summed E-state index contributed by atoms with van der Waals surface area (Å²) in [5.41, 5.74) is 5.40. The second-order valence-electron chi connectivity index (χ2n) is 8.79. The van der Waals surface area contributed by atoms with Crippen LogP contribution in [-0.2, 0) is 0 Å². The Morgan fingerprint density at radius 1 is 1.00 bits per heavy atom. The highest BCUT2D eigenvalue weighted by Gasteiger charge is 2.35. The average molecular weight is 387 g/mol. The topological polar surface area (TPSA) is 49.6 Å². The zero-order chi connectivity index (χ0) is 19.5. The first-order valence-electron chi connectivity index (χ1n) is 10.8. The molecule has 0 amide bonds. The van der Waals surface area contributed by atoms with Crippen LogP contribution in [0.4, 0.5) is 11.4 Å². The Kier molecular flexibility index (Phi) is 3.73. The fraction of sp³-hybridized carbons (Fsp3) is 0.417. The molecule has 2 aromatic carbocycles. The van der Waals surface area contributed by atoms with Crippen LogP contribution in [-0.4, -0.2) is 37.1 Å². The van der Waals surface area contributed by atoms with Crippen molar-refractivity contribution in [2.24, 2.45) is 5.92 Å². The molecule has 6 rings (SSSR count). The van der Waals surface area contributed by atoms with Crippen LogP contribution in [0.15, 0.2) is 34.9 Å². The molecule has 1 aromatic heterocycles. The van der Waals surface area contributed by atoms with Gasteiger partial charge in [-0.2, -0.15) is 0 Å². The SMILES string of the molecule is C[C@@H]1CCCN(c2cc(N3CCCC3)c3noc4c3c2C(=O)c2ccccc2-4)C1. The Morgan fingerprint density at radius 3 is 2.55 bits per heavy atom. The molecule has 0 spiro atoms. The second-order valence-corrected chi connectivity index (χ2v) is 8.79. The molecule has 3 aromatic rings. The lowest BCUT2D eigenvalue weighted by atomic mass is 9.85. The first-order chi connectivity index (χ1) is 14.2. The highest BCUT2D eigenvalue weighted by Crippen LogP contribution is 2.47. The quantitative estimate of drug-likeness (QED) is 0.491. The molecule has 0 radical (unpaired) electrons. The number of ketones is 1. The molecule has 148 valence electrons. The van der Waals surface area contributed by atoms with Crippen LogP contribution in [0.5, 0.6) is 0 Å². The fourth-order valence-corrected chi connectivity index (χ4v) is 5.38. The lowest BCUT2D eigenvalue weighted by Gasteiger charge is -2.35. The third-order valence-electron chi connectivity index (χ3n) is 6.80. The van der Waals surface area contributed by atoms with E-state index in [1.165, 1.54) is 25.7 Å². The van der Waals surface area contributed by atoms with Crippen molar-refractivity contribution in [2.45, 2.75) is 32.6 Å². The van der Waals surface area contributed by atoms with E-state index in [4.69, 9.17) is 4.52 Å². The molecule has 5 heteroatoms. The minimum absolute atomic E-state index is 0.0995. The van der Waals surface area contributed by atoms with Gasteiger partial charge in [0.25, 0.3) is 0 Å². The molecule has 2 saturated heterocycles. The largest absolute Gasteiger partial charge is 0.371 e. The molecule has 0 bridgehead atoms. The van der Waals surface area contributed by atoms with Crippen LogP contribution in [0.2, 0.25) is 0 Å². The lowest BCUT2D eigenvalue weighted by Crippen LogP contribution is -2.35. The molecule has 29 heavy (non-hydrogen) atoms. The number of fused-ring (bicyclic) bond motifs is 2. The van der Waals surface area contributed by atoms with Gasteiger partial charge >= 0.3 is 0 Å². The molecule has 0 saturated carbocycles. The van der Waals surface area contributed by atoms with Crippen molar-refractivity contribution >= 4 is 28.1 Å². The number of aromatic nitrogens is 1. The summed E-state index contributed by atoms with van der Waals surface area (Å²) in [6.07, 6.45) is 4.82. The molecular formula is C24H25N3O2. The van der Waals surface area contributed by atoms with Crippen LogP contribution < -0.4 is 9.80 Å². The van der Waals surface area contributed by atoms with Gasteiger partial charge in [0, 0.05) is 37.3 Å². The lowest BCUT2D eigenvalue weighted by molar-refractivity contribution is 0.104. The zero-order valence-corrected chi connectivity index (χ0v) is 16.8. The number of piperidine rings is 1. The first kappa shape index (κ1) is 17.1. The van der Waals surface area contributed by atoms with Gasteiger partial charge in [0.15, 0.2) is 11.5 Å². The van der Waals surface area contributed by atoms with Crippen molar-refractivity contribution in [1.29, 1.82) is 0 Å². The third kappa shape index (κ3) is 2.46. The molecular weight excluding hydrogens is 362 g/mol. The van der Waals surface area contributed by atoms with Gasteiger partial charge < -0.3 is 14.3 Å². The van der Waals surface area contributed by atoms with E-state index in [2.05, 4.69) is 27.9 Å². The number of rotatable bonds is 2. The monoisotopic (exact) mass is 387 g/mol. The van der Waals surface area contributed by atoms with Crippen molar-refractivity contribution in [3.63, 3.8) is 0 Å². The van der Waals surface area contributed by atoms with Gasteiger partial charge in [0.05, 0.1) is 22.3 Å². The zero-order valence-electron chi connectivity index (χ0n) is 16.8. The number of benzene rings is 2. The van der Waals surface area contributed by atoms with Crippen molar-refractivity contribution in [1.82, 2.24) is 5.16 Å². The predicted octanol–water partition coefficient (Wildman–Crippen LogP) is 4.88. The Morgan fingerprint density at radius 2 is 1.76 bits per heavy atom. The van der Waals surface area contributed by atoms with Crippen molar-refractivity contribution in [3.05, 3.63) is 41.5 Å². The number of carbonyl (C=O) groups excluding carboxylic acids is 1. The molecule has 0 unspecified atom stereocenters. The number of hydrogen-bond donors (Lipinski definition) is 0. The highest BCUT2D eigenvalue weighted by atomic mass is 16.5. The van der Waals surface area contributed by atoms with Gasteiger partial charge in [-0.3, -0.25) is 4.79 Å². The molecule has 3 aliphatic rings. The first-order valence-corrected chi connectivity index (χ1v) is 10.8. The summed E-state index contributed by atoms with van der Waals surface area (Å²) in [6.45, 7) is 6.37. The summed E-state index contributed by atoms with van der Waals surface area (Å²) >= 11 is 0. The van der Waals surface area contributed by atoms with Crippen LogP contribution in [0.25, 0.3) is 22.2 Å². The maximum atomic E-state index is 13.7. The molecule has 2 aliphatic heterocycles. The standard InChI is InChI=1S/C24H25N3O2/c1-15-7-6-12-27(14-15)18-13-19(26-10-4-5-11-26)22-21-20(18)23(28)16-8-2-3-9-17(16)24(21)29-25-22/h2-3,8-9,13,15H,4-7,10-12,14H2,1H3/t15-/m1/s1. The summed E-state index contributed by atoms with van der Waals surface area (Å²) in [5, 5.41) is 5.39. The molecule has 1 atom stereocenters. The summed E-state index contributed by atoms with van der Waals surface area (Å²) in [4.78, 5) is 18.5. The summed E-state index contributed by atoms with van der Waals surface area (Å²) in [7, 11) is 0. The van der Waals surface area contributed by atoms with Crippen molar-refractivity contribution in [2.75, 3.05) is 36.0 Å².